The lowest BCUT2D eigenvalue weighted by Crippen LogP contribution is -2.23. The fourth-order valence-electron chi connectivity index (χ4n) is 2.22. The van der Waals surface area contributed by atoms with Crippen molar-refractivity contribution in [2.75, 3.05) is 0 Å². The molecule has 0 aliphatic heterocycles. The van der Waals surface area contributed by atoms with E-state index in [1.54, 1.807) is 36.7 Å². The van der Waals surface area contributed by atoms with E-state index in [0.717, 1.165) is 10.8 Å². The molecule has 4 heteroatoms. The molecule has 1 N–H and O–H groups in total. The van der Waals surface area contributed by atoms with E-state index in [0.29, 0.717) is 11.1 Å². The zero-order valence-corrected chi connectivity index (χ0v) is 11.2. The van der Waals surface area contributed by atoms with E-state index in [4.69, 9.17) is 0 Å². The molecule has 3 rings (SSSR count). The van der Waals surface area contributed by atoms with Crippen molar-refractivity contribution in [2.45, 2.75) is 6.54 Å². The molecule has 1 amide bonds. The van der Waals surface area contributed by atoms with Crippen molar-refractivity contribution in [1.29, 1.82) is 0 Å². The van der Waals surface area contributed by atoms with Gasteiger partial charge in [0.1, 0.15) is 5.82 Å². The molecule has 0 atom stereocenters. The van der Waals surface area contributed by atoms with Crippen molar-refractivity contribution in [3.05, 3.63) is 77.9 Å². The van der Waals surface area contributed by atoms with Gasteiger partial charge in [-0.15, -0.1) is 0 Å². The van der Waals surface area contributed by atoms with Gasteiger partial charge in [0.05, 0.1) is 0 Å². The van der Waals surface area contributed by atoms with Gasteiger partial charge >= 0.3 is 0 Å². The van der Waals surface area contributed by atoms with E-state index in [1.165, 1.54) is 6.07 Å². The molecule has 0 saturated carbocycles. The zero-order valence-electron chi connectivity index (χ0n) is 11.2. The molecule has 0 unspecified atom stereocenters. The number of halogens is 1. The predicted molar refractivity (Wildman–Crippen MR) is 79.3 cm³/mol. The first-order chi connectivity index (χ1) is 10.3. The third kappa shape index (κ3) is 2.74. The first-order valence-corrected chi connectivity index (χ1v) is 6.60. The average Bonchev–Trinajstić information content (AvgIpc) is 2.53. The van der Waals surface area contributed by atoms with Gasteiger partial charge in [-0.2, -0.15) is 0 Å². The van der Waals surface area contributed by atoms with E-state index in [-0.39, 0.29) is 18.3 Å². The molecule has 1 aromatic heterocycles. The minimum Gasteiger partial charge on any atom is -0.348 e. The number of hydrogen-bond donors (Lipinski definition) is 1. The third-order valence-electron chi connectivity index (χ3n) is 3.33. The van der Waals surface area contributed by atoms with Crippen molar-refractivity contribution in [1.82, 2.24) is 10.3 Å². The number of aromatic nitrogens is 1. The highest BCUT2D eigenvalue weighted by Crippen LogP contribution is 2.17. The average molecular weight is 280 g/mol. The van der Waals surface area contributed by atoms with Gasteiger partial charge in [0, 0.05) is 35.5 Å². The standard InChI is InChI=1S/C17H13FN2O/c18-16-7-2-1-4-13(16)10-20-17(21)14-6-3-5-12-8-9-19-11-15(12)14/h1-9,11H,10H2,(H,20,21). The van der Waals surface area contributed by atoms with E-state index < -0.39 is 0 Å². The first kappa shape index (κ1) is 13.2. The molecule has 0 radical (unpaired) electrons. The Bertz CT molecular complexity index is 796. The maximum absolute atomic E-state index is 13.5. The number of rotatable bonds is 3. The summed E-state index contributed by atoms with van der Waals surface area (Å²) in [7, 11) is 0. The maximum Gasteiger partial charge on any atom is 0.252 e. The molecule has 104 valence electrons. The quantitative estimate of drug-likeness (QED) is 0.799. The van der Waals surface area contributed by atoms with Crippen molar-refractivity contribution in [3.8, 4) is 0 Å². The van der Waals surface area contributed by atoms with Crippen LogP contribution in [-0.2, 0) is 6.54 Å². The highest BCUT2D eigenvalue weighted by molar-refractivity contribution is 6.06. The van der Waals surface area contributed by atoms with Crippen LogP contribution in [0.15, 0.2) is 60.9 Å². The second-order valence-electron chi connectivity index (χ2n) is 4.68. The fraction of sp³-hybridized carbons (Fsp3) is 0.0588. The monoisotopic (exact) mass is 280 g/mol. The van der Waals surface area contributed by atoms with Gasteiger partial charge in [-0.3, -0.25) is 9.78 Å². The molecule has 0 aliphatic rings. The number of amides is 1. The molecule has 3 nitrogen and oxygen atoms in total. The maximum atomic E-state index is 13.5. The van der Waals surface area contributed by atoms with Gasteiger partial charge in [0.2, 0.25) is 0 Å². The molecule has 0 bridgehead atoms. The zero-order chi connectivity index (χ0) is 14.7. The predicted octanol–water partition coefficient (Wildman–Crippen LogP) is 3.30. The number of fused-ring (bicyclic) bond motifs is 1. The van der Waals surface area contributed by atoms with Crippen LogP contribution in [-0.4, -0.2) is 10.9 Å². The summed E-state index contributed by atoms with van der Waals surface area (Å²) < 4.78 is 13.5. The van der Waals surface area contributed by atoms with Gasteiger partial charge < -0.3 is 5.32 Å². The molecular formula is C17H13FN2O. The topological polar surface area (TPSA) is 42.0 Å². The van der Waals surface area contributed by atoms with Crippen molar-refractivity contribution in [3.63, 3.8) is 0 Å². The van der Waals surface area contributed by atoms with Crippen LogP contribution in [0.25, 0.3) is 10.8 Å². The van der Waals surface area contributed by atoms with Crippen LogP contribution >= 0.6 is 0 Å². The molecule has 0 saturated heterocycles. The Morgan fingerprint density at radius 1 is 1.10 bits per heavy atom. The Morgan fingerprint density at radius 2 is 1.95 bits per heavy atom. The summed E-state index contributed by atoms with van der Waals surface area (Å²) in [5.41, 5.74) is 1.00. The normalized spacial score (nSPS) is 10.5. The molecule has 2 aromatic carbocycles. The van der Waals surface area contributed by atoms with Crippen molar-refractivity contribution >= 4 is 16.7 Å². The Balaban J connectivity index is 1.83. The Morgan fingerprint density at radius 3 is 2.81 bits per heavy atom. The third-order valence-corrected chi connectivity index (χ3v) is 3.33. The van der Waals surface area contributed by atoms with Gasteiger partial charge in [0.15, 0.2) is 0 Å². The van der Waals surface area contributed by atoms with Crippen molar-refractivity contribution < 1.29 is 9.18 Å². The van der Waals surface area contributed by atoms with E-state index in [9.17, 15) is 9.18 Å². The van der Waals surface area contributed by atoms with Crippen LogP contribution in [0.4, 0.5) is 4.39 Å². The molecule has 0 fully saturated rings. The number of carbonyl (C=O) groups excluding carboxylic acids is 1. The summed E-state index contributed by atoms with van der Waals surface area (Å²) in [6.07, 6.45) is 3.34. The fourth-order valence-corrected chi connectivity index (χ4v) is 2.22. The number of hydrogen-bond acceptors (Lipinski definition) is 2. The van der Waals surface area contributed by atoms with E-state index in [1.807, 2.05) is 18.2 Å². The molecule has 0 aliphatic carbocycles. The van der Waals surface area contributed by atoms with Gasteiger partial charge in [-0.1, -0.05) is 30.3 Å². The lowest BCUT2D eigenvalue weighted by atomic mass is 10.1. The molecule has 3 aromatic rings. The highest BCUT2D eigenvalue weighted by atomic mass is 19.1. The lowest BCUT2D eigenvalue weighted by molar-refractivity contribution is 0.0952. The summed E-state index contributed by atoms with van der Waals surface area (Å²) in [4.78, 5) is 16.3. The number of carbonyl (C=O) groups is 1. The van der Waals surface area contributed by atoms with Gasteiger partial charge in [-0.25, -0.2) is 4.39 Å². The van der Waals surface area contributed by atoms with Crippen LogP contribution in [0.3, 0.4) is 0 Å². The largest absolute Gasteiger partial charge is 0.348 e. The van der Waals surface area contributed by atoms with E-state index in [2.05, 4.69) is 10.3 Å². The summed E-state index contributed by atoms with van der Waals surface area (Å²) in [6, 6.07) is 13.7. The second-order valence-corrected chi connectivity index (χ2v) is 4.68. The van der Waals surface area contributed by atoms with Crippen LogP contribution in [0.2, 0.25) is 0 Å². The van der Waals surface area contributed by atoms with Crippen LogP contribution in [0.1, 0.15) is 15.9 Å². The first-order valence-electron chi connectivity index (χ1n) is 6.60. The smallest absolute Gasteiger partial charge is 0.252 e. The van der Waals surface area contributed by atoms with Gasteiger partial charge in [0.25, 0.3) is 5.91 Å². The summed E-state index contributed by atoms with van der Waals surface area (Å²) in [5, 5.41) is 4.47. The molecule has 21 heavy (non-hydrogen) atoms. The SMILES string of the molecule is O=C(NCc1ccccc1F)c1cccc2ccncc12. The number of nitrogens with one attached hydrogen (secondary N) is 1. The number of nitrogens with zero attached hydrogens (tertiary/aromatic N) is 1. The Hall–Kier alpha value is -2.75. The number of pyridine rings is 1. The molecule has 1 heterocycles. The number of benzene rings is 2. The van der Waals surface area contributed by atoms with Crippen LogP contribution < -0.4 is 5.32 Å². The molecule has 0 spiro atoms. The second kappa shape index (κ2) is 5.71. The summed E-state index contributed by atoms with van der Waals surface area (Å²) in [6.45, 7) is 0.155. The molecular weight excluding hydrogens is 267 g/mol. The van der Waals surface area contributed by atoms with Crippen molar-refractivity contribution in [2.24, 2.45) is 0 Å². The minimum absolute atomic E-state index is 0.155. The van der Waals surface area contributed by atoms with E-state index >= 15 is 0 Å². The highest BCUT2D eigenvalue weighted by Gasteiger charge is 2.10. The van der Waals surface area contributed by atoms with Gasteiger partial charge in [-0.05, 0) is 23.6 Å². The summed E-state index contributed by atoms with van der Waals surface area (Å²) >= 11 is 0. The minimum atomic E-state index is -0.322. The lowest BCUT2D eigenvalue weighted by Gasteiger charge is -2.08. The van der Waals surface area contributed by atoms with Crippen LogP contribution in [0, 0.1) is 5.82 Å². The Labute approximate surface area is 121 Å². The summed E-state index contributed by atoms with van der Waals surface area (Å²) in [5.74, 6) is -0.561. The van der Waals surface area contributed by atoms with Crippen LogP contribution in [0.5, 0.6) is 0 Å². The Kier molecular flexibility index (Phi) is 3.60.